The van der Waals surface area contributed by atoms with Gasteiger partial charge in [0.2, 0.25) is 0 Å². The highest BCUT2D eigenvalue weighted by atomic mass is 16.3. The zero-order valence-corrected chi connectivity index (χ0v) is 8.82. The fraction of sp³-hybridized carbons (Fsp3) is 0.250. The van der Waals surface area contributed by atoms with Crippen molar-refractivity contribution in [3.8, 4) is 5.75 Å². The van der Waals surface area contributed by atoms with Crippen molar-refractivity contribution in [1.29, 1.82) is 0 Å². The van der Waals surface area contributed by atoms with Crippen LogP contribution in [0.3, 0.4) is 0 Å². The second kappa shape index (κ2) is 3.42. The smallest absolute Gasteiger partial charge is 0.258 e. The summed E-state index contributed by atoms with van der Waals surface area (Å²) in [5.74, 6) is 0.182. The van der Waals surface area contributed by atoms with Gasteiger partial charge in [-0.05, 0) is 24.1 Å². The summed E-state index contributed by atoms with van der Waals surface area (Å²) in [4.78, 5) is 11.8. The van der Waals surface area contributed by atoms with Crippen LogP contribution >= 0.6 is 0 Å². The standard InChI is InChI=1S/C12H13NO2/c1-3-8-7-13(2)12(15)9-5-4-6-10(14)11(8)9/h4-7,14H,3H2,1-2H3. The van der Waals surface area contributed by atoms with Crippen molar-refractivity contribution >= 4 is 10.8 Å². The second-order valence-corrected chi connectivity index (χ2v) is 3.62. The molecule has 0 aliphatic rings. The van der Waals surface area contributed by atoms with Crippen molar-refractivity contribution in [3.05, 3.63) is 40.3 Å². The fourth-order valence-corrected chi connectivity index (χ4v) is 1.87. The highest BCUT2D eigenvalue weighted by molar-refractivity contribution is 5.90. The van der Waals surface area contributed by atoms with E-state index in [0.717, 1.165) is 12.0 Å². The number of fused-ring (bicyclic) bond motifs is 1. The Labute approximate surface area is 87.6 Å². The summed E-state index contributed by atoms with van der Waals surface area (Å²) >= 11 is 0. The molecule has 2 rings (SSSR count). The molecule has 15 heavy (non-hydrogen) atoms. The lowest BCUT2D eigenvalue weighted by Crippen LogP contribution is -2.17. The van der Waals surface area contributed by atoms with Crippen molar-refractivity contribution in [2.24, 2.45) is 7.05 Å². The van der Waals surface area contributed by atoms with Crippen LogP contribution in [-0.2, 0) is 13.5 Å². The maximum Gasteiger partial charge on any atom is 0.258 e. The third kappa shape index (κ3) is 1.40. The number of phenolic OH excluding ortho intramolecular Hbond substituents is 1. The molecule has 0 spiro atoms. The number of pyridine rings is 1. The van der Waals surface area contributed by atoms with E-state index in [9.17, 15) is 9.90 Å². The predicted octanol–water partition coefficient (Wildman–Crippen LogP) is 1.81. The van der Waals surface area contributed by atoms with Gasteiger partial charge < -0.3 is 9.67 Å². The molecule has 0 radical (unpaired) electrons. The van der Waals surface area contributed by atoms with E-state index in [1.165, 1.54) is 0 Å². The highest BCUT2D eigenvalue weighted by Gasteiger charge is 2.08. The van der Waals surface area contributed by atoms with E-state index in [2.05, 4.69) is 0 Å². The van der Waals surface area contributed by atoms with E-state index in [0.29, 0.717) is 10.8 Å². The Morgan fingerprint density at radius 1 is 1.40 bits per heavy atom. The van der Waals surface area contributed by atoms with Crippen LogP contribution in [0.25, 0.3) is 10.8 Å². The number of benzene rings is 1. The molecular formula is C12H13NO2. The van der Waals surface area contributed by atoms with Crippen molar-refractivity contribution in [2.75, 3.05) is 0 Å². The number of rotatable bonds is 1. The van der Waals surface area contributed by atoms with E-state index < -0.39 is 0 Å². The molecule has 3 heteroatoms. The lowest BCUT2D eigenvalue weighted by Gasteiger charge is -2.08. The molecule has 78 valence electrons. The Balaban J connectivity index is 3.03. The predicted molar refractivity (Wildman–Crippen MR) is 60.2 cm³/mol. The summed E-state index contributed by atoms with van der Waals surface area (Å²) in [5, 5.41) is 11.0. The van der Waals surface area contributed by atoms with Gasteiger partial charge in [0.15, 0.2) is 0 Å². The van der Waals surface area contributed by atoms with E-state index in [1.807, 2.05) is 6.92 Å². The topological polar surface area (TPSA) is 42.2 Å². The number of aromatic nitrogens is 1. The van der Waals surface area contributed by atoms with E-state index in [-0.39, 0.29) is 11.3 Å². The molecule has 0 fully saturated rings. The van der Waals surface area contributed by atoms with E-state index in [1.54, 1.807) is 36.0 Å². The number of hydrogen-bond acceptors (Lipinski definition) is 2. The van der Waals surface area contributed by atoms with Crippen LogP contribution in [-0.4, -0.2) is 9.67 Å². The Bertz CT molecular complexity index is 570. The molecule has 0 aliphatic heterocycles. The number of aryl methyl sites for hydroxylation is 2. The molecule has 2 aromatic rings. The van der Waals surface area contributed by atoms with Gasteiger partial charge in [-0.3, -0.25) is 4.79 Å². The Morgan fingerprint density at radius 2 is 2.13 bits per heavy atom. The lowest BCUT2D eigenvalue weighted by molar-refractivity contribution is 0.481. The first-order valence-corrected chi connectivity index (χ1v) is 4.95. The van der Waals surface area contributed by atoms with E-state index in [4.69, 9.17) is 0 Å². The largest absolute Gasteiger partial charge is 0.507 e. The van der Waals surface area contributed by atoms with Gasteiger partial charge in [0.05, 0.1) is 5.39 Å². The summed E-state index contributed by atoms with van der Waals surface area (Å²) in [5.41, 5.74) is 0.920. The van der Waals surface area contributed by atoms with Crippen LogP contribution in [0.4, 0.5) is 0 Å². The zero-order chi connectivity index (χ0) is 11.0. The van der Waals surface area contributed by atoms with Gasteiger partial charge in [0.25, 0.3) is 5.56 Å². The zero-order valence-electron chi connectivity index (χ0n) is 8.82. The van der Waals surface area contributed by atoms with Gasteiger partial charge in [0, 0.05) is 18.6 Å². The monoisotopic (exact) mass is 203 g/mol. The Kier molecular flexibility index (Phi) is 2.23. The maximum absolute atomic E-state index is 11.8. The van der Waals surface area contributed by atoms with E-state index >= 15 is 0 Å². The van der Waals surface area contributed by atoms with Crippen LogP contribution in [0, 0.1) is 0 Å². The molecule has 1 N–H and O–H groups in total. The lowest BCUT2D eigenvalue weighted by atomic mass is 10.0. The minimum Gasteiger partial charge on any atom is -0.507 e. The van der Waals surface area contributed by atoms with Gasteiger partial charge in [-0.1, -0.05) is 13.0 Å². The second-order valence-electron chi connectivity index (χ2n) is 3.62. The molecule has 3 nitrogen and oxygen atoms in total. The quantitative estimate of drug-likeness (QED) is 0.768. The summed E-state index contributed by atoms with van der Waals surface area (Å²) in [6.07, 6.45) is 2.58. The van der Waals surface area contributed by atoms with Gasteiger partial charge in [-0.25, -0.2) is 0 Å². The molecular weight excluding hydrogens is 190 g/mol. The summed E-state index contributed by atoms with van der Waals surface area (Å²) in [7, 11) is 1.73. The fourth-order valence-electron chi connectivity index (χ4n) is 1.87. The molecule has 0 aliphatic carbocycles. The SMILES string of the molecule is CCc1cn(C)c(=O)c2cccc(O)c12. The van der Waals surface area contributed by atoms with Crippen LogP contribution in [0.1, 0.15) is 12.5 Å². The molecule has 0 unspecified atom stereocenters. The average Bonchev–Trinajstić information content (AvgIpc) is 2.23. The van der Waals surface area contributed by atoms with Gasteiger partial charge >= 0.3 is 0 Å². The minimum atomic E-state index is -0.0712. The molecule has 0 bridgehead atoms. The van der Waals surface area contributed by atoms with Crippen molar-refractivity contribution in [1.82, 2.24) is 4.57 Å². The Morgan fingerprint density at radius 3 is 2.80 bits per heavy atom. The van der Waals surface area contributed by atoms with Gasteiger partial charge in [-0.15, -0.1) is 0 Å². The summed E-state index contributed by atoms with van der Waals surface area (Å²) in [6, 6.07) is 5.05. The average molecular weight is 203 g/mol. The summed E-state index contributed by atoms with van der Waals surface area (Å²) < 4.78 is 1.56. The molecule has 0 atom stereocenters. The number of phenols is 1. The number of nitrogens with zero attached hydrogens (tertiary/aromatic N) is 1. The van der Waals surface area contributed by atoms with Gasteiger partial charge in [-0.2, -0.15) is 0 Å². The highest BCUT2D eigenvalue weighted by Crippen LogP contribution is 2.25. The molecule has 1 heterocycles. The first kappa shape index (κ1) is 9.77. The van der Waals surface area contributed by atoms with Crippen molar-refractivity contribution < 1.29 is 5.11 Å². The van der Waals surface area contributed by atoms with Crippen LogP contribution in [0.5, 0.6) is 5.75 Å². The normalized spacial score (nSPS) is 10.8. The number of aromatic hydroxyl groups is 1. The molecule has 1 aromatic heterocycles. The van der Waals surface area contributed by atoms with Gasteiger partial charge in [0.1, 0.15) is 5.75 Å². The van der Waals surface area contributed by atoms with Crippen molar-refractivity contribution in [2.45, 2.75) is 13.3 Å². The molecule has 1 aromatic carbocycles. The third-order valence-corrected chi connectivity index (χ3v) is 2.64. The molecule has 0 saturated heterocycles. The van der Waals surface area contributed by atoms with Crippen molar-refractivity contribution in [3.63, 3.8) is 0 Å². The third-order valence-electron chi connectivity index (χ3n) is 2.64. The van der Waals surface area contributed by atoms with Crippen LogP contribution in [0.15, 0.2) is 29.2 Å². The first-order valence-electron chi connectivity index (χ1n) is 4.95. The minimum absolute atomic E-state index is 0.0712. The molecule has 0 saturated carbocycles. The first-order chi connectivity index (χ1) is 7.15. The van der Waals surface area contributed by atoms with Crippen LogP contribution < -0.4 is 5.56 Å². The molecule has 0 amide bonds. The number of hydrogen-bond donors (Lipinski definition) is 1. The maximum atomic E-state index is 11.8. The Hall–Kier alpha value is -1.77. The summed E-state index contributed by atoms with van der Waals surface area (Å²) in [6.45, 7) is 2.01. The van der Waals surface area contributed by atoms with Crippen LogP contribution in [0.2, 0.25) is 0 Å².